The Morgan fingerprint density at radius 1 is 1.20 bits per heavy atom. The number of nitrogens with one attached hydrogen (secondary N) is 1. The van der Waals surface area contributed by atoms with Gasteiger partial charge in [0.05, 0.1) is 18.1 Å². The van der Waals surface area contributed by atoms with Crippen LogP contribution in [0.3, 0.4) is 0 Å². The summed E-state index contributed by atoms with van der Waals surface area (Å²) >= 11 is 0. The molecule has 0 heterocycles. The number of rotatable bonds is 4. The smallest absolute Gasteiger partial charge is 0.311 e. The Kier molecular flexibility index (Phi) is 2.91. The number of carbonyl (C=O) groups excluding carboxylic acids is 2. The maximum Gasteiger partial charge on any atom is 0.311 e. The van der Waals surface area contributed by atoms with E-state index in [4.69, 9.17) is 10.5 Å². The van der Waals surface area contributed by atoms with Crippen molar-refractivity contribution in [3.63, 3.8) is 0 Å². The van der Waals surface area contributed by atoms with Crippen molar-refractivity contribution >= 4 is 11.9 Å². The van der Waals surface area contributed by atoms with Gasteiger partial charge in [0.25, 0.3) is 0 Å². The van der Waals surface area contributed by atoms with E-state index in [2.05, 4.69) is 5.32 Å². The summed E-state index contributed by atoms with van der Waals surface area (Å²) < 4.78 is 4.85. The van der Waals surface area contributed by atoms with Crippen molar-refractivity contribution in [2.75, 3.05) is 7.11 Å². The average Bonchev–Trinajstić information content (AvgIpc) is 2.73. The first kappa shape index (κ1) is 13.9. The van der Waals surface area contributed by atoms with E-state index in [1.165, 1.54) is 7.11 Å². The van der Waals surface area contributed by atoms with Crippen LogP contribution in [0.25, 0.3) is 0 Å². The highest BCUT2D eigenvalue weighted by atomic mass is 16.5. The molecule has 0 spiro atoms. The third-order valence-corrected chi connectivity index (χ3v) is 5.90. The molecule has 0 aliphatic heterocycles. The average molecular weight is 280 g/mol. The Balaban J connectivity index is 1.56. The second-order valence-corrected chi connectivity index (χ2v) is 7.22. The Bertz CT molecular complexity index is 434. The summed E-state index contributed by atoms with van der Waals surface area (Å²) in [7, 11) is 1.44. The van der Waals surface area contributed by atoms with Crippen molar-refractivity contribution in [3.8, 4) is 0 Å². The monoisotopic (exact) mass is 280 g/mol. The second kappa shape index (κ2) is 4.20. The van der Waals surface area contributed by atoms with E-state index in [0.717, 1.165) is 44.9 Å². The molecule has 0 radical (unpaired) electrons. The van der Waals surface area contributed by atoms with E-state index < -0.39 is 5.54 Å². The van der Waals surface area contributed by atoms with E-state index in [-0.39, 0.29) is 28.7 Å². The molecule has 4 saturated carbocycles. The lowest BCUT2D eigenvalue weighted by molar-refractivity contribution is -0.234. The van der Waals surface area contributed by atoms with Gasteiger partial charge in [-0.05, 0) is 44.4 Å². The molecule has 0 aromatic rings. The van der Waals surface area contributed by atoms with Gasteiger partial charge in [-0.15, -0.1) is 0 Å². The van der Waals surface area contributed by atoms with Gasteiger partial charge in [0.2, 0.25) is 5.91 Å². The topological polar surface area (TPSA) is 81.4 Å². The minimum absolute atomic E-state index is 0.0145. The molecule has 1 amide bonds. The number of ether oxygens (including phenoxy) is 1. The summed E-state index contributed by atoms with van der Waals surface area (Å²) in [5, 5.41) is 3.10. The predicted molar refractivity (Wildman–Crippen MR) is 73.7 cm³/mol. The highest BCUT2D eigenvalue weighted by Crippen LogP contribution is 2.75. The SMILES string of the molecule is COC(=O)C12CC(C(C)NC(=O)C3(N)CCCC3)(C1)C2. The van der Waals surface area contributed by atoms with E-state index >= 15 is 0 Å². The lowest BCUT2D eigenvalue weighted by Crippen LogP contribution is -2.72. The third-order valence-electron chi connectivity index (χ3n) is 5.90. The van der Waals surface area contributed by atoms with Crippen LogP contribution in [0.1, 0.15) is 51.9 Å². The van der Waals surface area contributed by atoms with Crippen LogP contribution in [0, 0.1) is 10.8 Å². The van der Waals surface area contributed by atoms with Crippen LogP contribution >= 0.6 is 0 Å². The zero-order chi connectivity index (χ0) is 14.6. The molecule has 0 aromatic heterocycles. The molecule has 0 saturated heterocycles. The van der Waals surface area contributed by atoms with Gasteiger partial charge in [0, 0.05) is 6.04 Å². The largest absolute Gasteiger partial charge is 0.469 e. The highest BCUT2D eigenvalue weighted by Gasteiger charge is 2.74. The molecule has 2 bridgehead atoms. The Labute approximate surface area is 119 Å². The number of nitrogens with two attached hydrogens (primary N) is 1. The van der Waals surface area contributed by atoms with E-state index in [1.807, 2.05) is 6.92 Å². The number of hydrogen-bond donors (Lipinski definition) is 2. The highest BCUT2D eigenvalue weighted by molar-refractivity contribution is 5.87. The van der Waals surface area contributed by atoms with Crippen LogP contribution in [-0.2, 0) is 14.3 Å². The standard InChI is InChI=1S/C15H24N2O3/c1-10(17-11(18)15(16)5-3-4-6-15)13-7-14(8-13,9-13)12(19)20-2/h10H,3-9,16H2,1-2H3,(H,17,18). The second-order valence-electron chi connectivity index (χ2n) is 7.22. The van der Waals surface area contributed by atoms with Crippen molar-refractivity contribution in [2.24, 2.45) is 16.6 Å². The van der Waals surface area contributed by atoms with E-state index in [9.17, 15) is 9.59 Å². The van der Waals surface area contributed by atoms with Crippen molar-refractivity contribution in [1.82, 2.24) is 5.32 Å². The minimum atomic E-state index is -0.669. The van der Waals surface area contributed by atoms with Crippen LogP contribution in [0.4, 0.5) is 0 Å². The van der Waals surface area contributed by atoms with Gasteiger partial charge >= 0.3 is 5.97 Å². The van der Waals surface area contributed by atoms with Crippen molar-refractivity contribution in [3.05, 3.63) is 0 Å². The van der Waals surface area contributed by atoms with Gasteiger partial charge in [-0.25, -0.2) is 0 Å². The van der Waals surface area contributed by atoms with Gasteiger partial charge < -0.3 is 15.8 Å². The molecule has 1 unspecified atom stereocenters. The molecule has 0 aromatic carbocycles. The van der Waals surface area contributed by atoms with Crippen molar-refractivity contribution in [2.45, 2.75) is 63.5 Å². The van der Waals surface area contributed by atoms with E-state index in [0.29, 0.717) is 0 Å². The zero-order valence-electron chi connectivity index (χ0n) is 12.3. The fourth-order valence-corrected chi connectivity index (χ4v) is 4.49. The summed E-state index contributed by atoms with van der Waals surface area (Å²) in [6, 6.07) is 0.0857. The van der Waals surface area contributed by atoms with E-state index in [1.54, 1.807) is 0 Å². The maximum absolute atomic E-state index is 12.3. The maximum atomic E-state index is 12.3. The number of hydrogen-bond acceptors (Lipinski definition) is 4. The minimum Gasteiger partial charge on any atom is -0.469 e. The summed E-state index contributed by atoms with van der Waals surface area (Å²) in [6.45, 7) is 2.04. The Morgan fingerprint density at radius 2 is 1.75 bits per heavy atom. The molecule has 4 aliphatic rings. The van der Waals surface area contributed by atoms with Crippen LogP contribution in [0.5, 0.6) is 0 Å². The van der Waals surface area contributed by atoms with Gasteiger partial charge in [-0.2, -0.15) is 0 Å². The third kappa shape index (κ3) is 1.72. The van der Waals surface area contributed by atoms with Gasteiger partial charge in [0.1, 0.15) is 0 Å². The molecular weight excluding hydrogens is 256 g/mol. The number of methoxy groups -OCH3 is 1. The van der Waals surface area contributed by atoms with Gasteiger partial charge in [-0.1, -0.05) is 12.8 Å². The Hall–Kier alpha value is -1.10. The first-order chi connectivity index (χ1) is 9.36. The lowest BCUT2D eigenvalue weighted by atomic mass is 9.33. The molecule has 4 fully saturated rings. The van der Waals surface area contributed by atoms with Crippen molar-refractivity contribution in [1.29, 1.82) is 0 Å². The molecule has 112 valence electrons. The normalized spacial score (nSPS) is 38.4. The van der Waals surface area contributed by atoms with Gasteiger partial charge in [-0.3, -0.25) is 9.59 Å². The fourth-order valence-electron chi connectivity index (χ4n) is 4.49. The predicted octanol–water partition coefficient (Wildman–Crippen LogP) is 1.11. The summed E-state index contributed by atoms with van der Waals surface area (Å²) in [5.41, 5.74) is 5.35. The summed E-state index contributed by atoms with van der Waals surface area (Å²) in [4.78, 5) is 24.0. The van der Waals surface area contributed by atoms with Crippen LogP contribution in [0.2, 0.25) is 0 Å². The first-order valence-electron chi connectivity index (χ1n) is 7.54. The first-order valence-corrected chi connectivity index (χ1v) is 7.54. The molecule has 1 atom stereocenters. The molecule has 5 heteroatoms. The lowest BCUT2D eigenvalue weighted by Gasteiger charge is -2.70. The molecule has 3 N–H and O–H groups in total. The zero-order valence-corrected chi connectivity index (χ0v) is 12.3. The number of amides is 1. The molecule has 4 aliphatic carbocycles. The molecule has 4 rings (SSSR count). The van der Waals surface area contributed by atoms with Crippen LogP contribution in [-0.4, -0.2) is 30.6 Å². The fraction of sp³-hybridized carbons (Fsp3) is 0.867. The quantitative estimate of drug-likeness (QED) is 0.756. The molecule has 5 nitrogen and oxygen atoms in total. The van der Waals surface area contributed by atoms with Crippen LogP contribution < -0.4 is 11.1 Å². The molecule has 20 heavy (non-hydrogen) atoms. The molecular formula is C15H24N2O3. The Morgan fingerprint density at radius 3 is 2.25 bits per heavy atom. The number of carbonyl (C=O) groups is 2. The number of esters is 1. The van der Waals surface area contributed by atoms with Gasteiger partial charge in [0.15, 0.2) is 0 Å². The summed E-state index contributed by atoms with van der Waals surface area (Å²) in [6.07, 6.45) is 6.15. The van der Waals surface area contributed by atoms with Crippen LogP contribution in [0.15, 0.2) is 0 Å². The van der Waals surface area contributed by atoms with Crippen molar-refractivity contribution < 1.29 is 14.3 Å². The summed E-state index contributed by atoms with van der Waals surface area (Å²) in [5.74, 6) is -0.108.